The van der Waals surface area contributed by atoms with Gasteiger partial charge in [-0.3, -0.25) is 4.90 Å². The van der Waals surface area contributed by atoms with Gasteiger partial charge in [0, 0.05) is 25.2 Å². The van der Waals surface area contributed by atoms with Gasteiger partial charge in [-0.25, -0.2) is 0 Å². The lowest BCUT2D eigenvalue weighted by atomic mass is 10.2. The van der Waals surface area contributed by atoms with E-state index < -0.39 is 0 Å². The average molecular weight is 184 g/mol. The molecule has 3 heteroatoms. The molecule has 76 valence electrons. The fourth-order valence-corrected chi connectivity index (χ4v) is 2.20. The van der Waals surface area contributed by atoms with E-state index in [-0.39, 0.29) is 6.10 Å². The van der Waals surface area contributed by atoms with Crippen LogP contribution in [0.3, 0.4) is 0 Å². The summed E-state index contributed by atoms with van der Waals surface area (Å²) in [7, 11) is 0. The van der Waals surface area contributed by atoms with Crippen molar-refractivity contribution < 1.29 is 5.11 Å². The Hall–Kier alpha value is -0.120. The summed E-state index contributed by atoms with van der Waals surface area (Å²) in [5.41, 5.74) is 0. The first-order chi connectivity index (χ1) is 6.29. The Balaban J connectivity index is 1.75. The van der Waals surface area contributed by atoms with E-state index in [2.05, 4.69) is 17.1 Å². The van der Waals surface area contributed by atoms with E-state index in [1.165, 1.54) is 12.8 Å². The van der Waals surface area contributed by atoms with Crippen LogP contribution in [0.1, 0.15) is 26.2 Å². The molecule has 3 nitrogen and oxygen atoms in total. The number of likely N-dealkylation sites (N-methyl/N-ethyl adjacent to an activating group) is 1. The second-order valence-corrected chi connectivity index (χ2v) is 4.31. The number of nitrogens with one attached hydrogen (secondary N) is 1. The molecule has 2 rings (SSSR count). The minimum absolute atomic E-state index is 0.108. The Morgan fingerprint density at radius 1 is 1.46 bits per heavy atom. The number of hydrogen-bond donors (Lipinski definition) is 2. The first kappa shape index (κ1) is 9.44. The van der Waals surface area contributed by atoms with Crippen LogP contribution < -0.4 is 5.32 Å². The van der Waals surface area contributed by atoms with Crippen molar-refractivity contribution in [3.8, 4) is 0 Å². The van der Waals surface area contributed by atoms with E-state index in [9.17, 15) is 5.11 Å². The Bertz CT molecular complexity index is 170. The standard InChI is InChI=1S/C10H20N2O/c1-2-12(9-3-4-9)7-8-5-10(13)6-11-8/h8-11,13H,2-7H2,1H3. The molecular weight excluding hydrogens is 164 g/mol. The highest BCUT2D eigenvalue weighted by atomic mass is 16.3. The Kier molecular flexibility index (Phi) is 2.86. The van der Waals surface area contributed by atoms with Gasteiger partial charge in [0.05, 0.1) is 6.10 Å². The highest BCUT2D eigenvalue weighted by molar-refractivity contribution is 4.89. The third-order valence-electron chi connectivity index (χ3n) is 3.12. The first-order valence-electron chi connectivity index (χ1n) is 5.45. The SMILES string of the molecule is CCN(CC1CC(O)CN1)C1CC1. The molecule has 1 heterocycles. The lowest BCUT2D eigenvalue weighted by molar-refractivity contribution is 0.186. The van der Waals surface area contributed by atoms with Gasteiger partial charge in [-0.05, 0) is 25.8 Å². The van der Waals surface area contributed by atoms with Gasteiger partial charge in [-0.1, -0.05) is 6.92 Å². The molecule has 0 radical (unpaired) electrons. The van der Waals surface area contributed by atoms with E-state index in [0.29, 0.717) is 6.04 Å². The smallest absolute Gasteiger partial charge is 0.0680 e. The van der Waals surface area contributed by atoms with Crippen molar-refractivity contribution in [2.75, 3.05) is 19.6 Å². The molecule has 2 fully saturated rings. The normalized spacial score (nSPS) is 34.4. The van der Waals surface area contributed by atoms with Crippen molar-refractivity contribution in [3.63, 3.8) is 0 Å². The van der Waals surface area contributed by atoms with E-state index in [1.54, 1.807) is 0 Å². The summed E-state index contributed by atoms with van der Waals surface area (Å²) >= 11 is 0. The minimum atomic E-state index is -0.108. The topological polar surface area (TPSA) is 35.5 Å². The monoisotopic (exact) mass is 184 g/mol. The fraction of sp³-hybridized carbons (Fsp3) is 1.00. The first-order valence-corrected chi connectivity index (χ1v) is 5.45. The molecule has 1 aliphatic heterocycles. The minimum Gasteiger partial charge on any atom is -0.392 e. The summed E-state index contributed by atoms with van der Waals surface area (Å²) in [6.07, 6.45) is 3.58. The van der Waals surface area contributed by atoms with E-state index in [1.807, 2.05) is 0 Å². The van der Waals surface area contributed by atoms with Gasteiger partial charge in [0.1, 0.15) is 0 Å². The summed E-state index contributed by atoms with van der Waals surface area (Å²) in [6.45, 7) is 5.29. The number of hydrogen-bond acceptors (Lipinski definition) is 3. The van der Waals surface area contributed by atoms with Crippen LogP contribution in [0.15, 0.2) is 0 Å². The number of nitrogens with zero attached hydrogens (tertiary/aromatic N) is 1. The highest BCUT2D eigenvalue weighted by Crippen LogP contribution is 2.27. The largest absolute Gasteiger partial charge is 0.392 e. The molecule has 0 aromatic carbocycles. The lowest BCUT2D eigenvalue weighted by Crippen LogP contribution is -2.38. The van der Waals surface area contributed by atoms with Crippen LogP contribution in [0.5, 0.6) is 0 Å². The zero-order chi connectivity index (χ0) is 9.26. The predicted molar refractivity (Wildman–Crippen MR) is 52.7 cm³/mol. The second kappa shape index (κ2) is 3.95. The highest BCUT2D eigenvalue weighted by Gasteiger charge is 2.31. The Morgan fingerprint density at radius 3 is 2.69 bits per heavy atom. The second-order valence-electron chi connectivity index (χ2n) is 4.31. The van der Waals surface area contributed by atoms with E-state index in [0.717, 1.165) is 32.1 Å². The molecule has 0 aromatic rings. The van der Waals surface area contributed by atoms with Crippen LogP contribution in [0.2, 0.25) is 0 Å². The summed E-state index contributed by atoms with van der Waals surface area (Å²) in [4.78, 5) is 2.54. The lowest BCUT2D eigenvalue weighted by Gasteiger charge is -2.23. The van der Waals surface area contributed by atoms with Gasteiger partial charge in [0.15, 0.2) is 0 Å². The molecule has 13 heavy (non-hydrogen) atoms. The van der Waals surface area contributed by atoms with Crippen molar-refractivity contribution in [2.24, 2.45) is 0 Å². The quantitative estimate of drug-likeness (QED) is 0.655. The summed E-state index contributed by atoms with van der Waals surface area (Å²) < 4.78 is 0. The molecule has 0 bridgehead atoms. The molecule has 2 N–H and O–H groups in total. The molecule has 1 saturated carbocycles. The molecule has 2 unspecified atom stereocenters. The van der Waals surface area contributed by atoms with Gasteiger partial charge in [-0.2, -0.15) is 0 Å². The van der Waals surface area contributed by atoms with Gasteiger partial charge in [0.25, 0.3) is 0 Å². The van der Waals surface area contributed by atoms with Gasteiger partial charge in [0.2, 0.25) is 0 Å². The maximum atomic E-state index is 9.36. The van der Waals surface area contributed by atoms with Crippen molar-refractivity contribution in [1.82, 2.24) is 10.2 Å². The molecule has 2 atom stereocenters. The van der Waals surface area contributed by atoms with Gasteiger partial charge >= 0.3 is 0 Å². The van der Waals surface area contributed by atoms with E-state index in [4.69, 9.17) is 0 Å². The van der Waals surface area contributed by atoms with Crippen LogP contribution in [0.25, 0.3) is 0 Å². The number of aliphatic hydroxyl groups is 1. The van der Waals surface area contributed by atoms with Crippen LogP contribution in [-0.2, 0) is 0 Å². The van der Waals surface area contributed by atoms with Crippen LogP contribution in [-0.4, -0.2) is 47.8 Å². The number of aliphatic hydroxyl groups excluding tert-OH is 1. The van der Waals surface area contributed by atoms with Crippen LogP contribution in [0, 0.1) is 0 Å². The third-order valence-corrected chi connectivity index (χ3v) is 3.12. The summed E-state index contributed by atoms with van der Waals surface area (Å²) in [5, 5.41) is 12.7. The van der Waals surface area contributed by atoms with Gasteiger partial charge < -0.3 is 10.4 Å². The Morgan fingerprint density at radius 2 is 2.23 bits per heavy atom. The van der Waals surface area contributed by atoms with E-state index >= 15 is 0 Å². The number of rotatable bonds is 4. The van der Waals surface area contributed by atoms with Crippen molar-refractivity contribution in [3.05, 3.63) is 0 Å². The van der Waals surface area contributed by atoms with Crippen molar-refractivity contribution in [1.29, 1.82) is 0 Å². The molecule has 1 aliphatic carbocycles. The predicted octanol–water partition coefficient (Wildman–Crippen LogP) is 0.193. The maximum absolute atomic E-state index is 9.36. The van der Waals surface area contributed by atoms with Crippen molar-refractivity contribution >= 4 is 0 Å². The zero-order valence-electron chi connectivity index (χ0n) is 8.37. The molecule has 2 aliphatic rings. The maximum Gasteiger partial charge on any atom is 0.0680 e. The molecule has 0 aromatic heterocycles. The molecule has 0 amide bonds. The number of β-amino-alcohol motifs (C(OH)–C–C–N with tert-alkyl or cyclic N) is 1. The Labute approximate surface area is 80.1 Å². The summed E-state index contributed by atoms with van der Waals surface area (Å²) in [6, 6.07) is 1.38. The molecule has 1 saturated heterocycles. The third kappa shape index (κ3) is 2.42. The zero-order valence-corrected chi connectivity index (χ0v) is 8.37. The summed E-state index contributed by atoms with van der Waals surface area (Å²) in [5.74, 6) is 0. The van der Waals surface area contributed by atoms with Crippen LogP contribution >= 0.6 is 0 Å². The van der Waals surface area contributed by atoms with Gasteiger partial charge in [-0.15, -0.1) is 0 Å². The van der Waals surface area contributed by atoms with Crippen molar-refractivity contribution in [2.45, 2.75) is 44.4 Å². The average Bonchev–Trinajstić information content (AvgIpc) is 2.87. The fourth-order valence-electron chi connectivity index (χ4n) is 2.20. The molecule has 0 spiro atoms. The van der Waals surface area contributed by atoms with Crippen LogP contribution in [0.4, 0.5) is 0 Å². The molecular formula is C10H20N2O.